The first kappa shape index (κ1) is 14.9. The zero-order valence-corrected chi connectivity index (χ0v) is 12.0. The largest absolute Gasteiger partial charge is 0.475 e. The van der Waals surface area contributed by atoms with Crippen molar-refractivity contribution in [3.05, 3.63) is 47.8 Å². The summed E-state index contributed by atoms with van der Waals surface area (Å²) in [6.45, 7) is 2.69. The number of carbonyl (C=O) groups is 1. The number of nitrogens with zero attached hydrogens (tertiary/aromatic N) is 2. The second-order valence-electron chi connectivity index (χ2n) is 4.37. The van der Waals surface area contributed by atoms with Gasteiger partial charge in [-0.1, -0.05) is 6.07 Å². The second kappa shape index (κ2) is 7.35. The highest BCUT2D eigenvalue weighted by Gasteiger charge is 2.14. The van der Waals surface area contributed by atoms with Gasteiger partial charge in [-0.25, -0.2) is 9.97 Å². The molecule has 0 radical (unpaired) electrons. The van der Waals surface area contributed by atoms with Crippen molar-refractivity contribution < 1.29 is 14.3 Å². The number of nitrogens with one attached hydrogen (secondary N) is 1. The lowest BCUT2D eigenvalue weighted by molar-refractivity contribution is 0.101. The summed E-state index contributed by atoms with van der Waals surface area (Å²) in [6.07, 6.45) is 3.26. The molecule has 0 aromatic carbocycles. The molecule has 0 saturated heterocycles. The SMILES string of the molecule is COCCOc1ncccc1C(=O)Nc1ccc(C)cn1. The number of methoxy groups -OCH3 is 1. The number of aromatic nitrogens is 2. The van der Waals surface area contributed by atoms with Crippen molar-refractivity contribution in [3.63, 3.8) is 0 Å². The Bertz CT molecular complexity index is 599. The van der Waals surface area contributed by atoms with Gasteiger partial charge < -0.3 is 14.8 Å². The number of rotatable bonds is 6. The molecule has 110 valence electrons. The predicted octanol–water partition coefficient (Wildman–Crippen LogP) is 2.06. The summed E-state index contributed by atoms with van der Waals surface area (Å²) >= 11 is 0. The third-order valence-electron chi connectivity index (χ3n) is 2.69. The molecule has 2 heterocycles. The Kier molecular flexibility index (Phi) is 5.22. The van der Waals surface area contributed by atoms with E-state index in [2.05, 4.69) is 15.3 Å². The predicted molar refractivity (Wildman–Crippen MR) is 78.5 cm³/mol. The van der Waals surface area contributed by atoms with Crippen LogP contribution in [0.15, 0.2) is 36.7 Å². The molecular formula is C15H17N3O3. The van der Waals surface area contributed by atoms with Crippen molar-refractivity contribution in [1.82, 2.24) is 9.97 Å². The number of aryl methyl sites for hydroxylation is 1. The van der Waals surface area contributed by atoms with Crippen LogP contribution in [0.5, 0.6) is 5.88 Å². The Labute approximate surface area is 123 Å². The Hall–Kier alpha value is -2.47. The van der Waals surface area contributed by atoms with Gasteiger partial charge in [-0.05, 0) is 30.7 Å². The highest BCUT2D eigenvalue weighted by molar-refractivity contribution is 6.05. The Morgan fingerprint density at radius 2 is 2.10 bits per heavy atom. The third-order valence-corrected chi connectivity index (χ3v) is 2.69. The molecule has 2 rings (SSSR count). The van der Waals surface area contributed by atoms with Crippen molar-refractivity contribution in [1.29, 1.82) is 0 Å². The van der Waals surface area contributed by atoms with Crippen molar-refractivity contribution in [3.8, 4) is 5.88 Å². The summed E-state index contributed by atoms with van der Waals surface area (Å²) in [5.74, 6) is 0.448. The molecule has 0 atom stereocenters. The lowest BCUT2D eigenvalue weighted by Gasteiger charge is -2.10. The molecule has 6 nitrogen and oxygen atoms in total. The highest BCUT2D eigenvalue weighted by atomic mass is 16.5. The number of pyridine rings is 2. The minimum Gasteiger partial charge on any atom is -0.475 e. The minimum atomic E-state index is -0.313. The van der Waals surface area contributed by atoms with Gasteiger partial charge in [-0.2, -0.15) is 0 Å². The number of hydrogen-bond acceptors (Lipinski definition) is 5. The molecule has 0 unspecified atom stereocenters. The van der Waals surface area contributed by atoms with Crippen LogP contribution in [-0.4, -0.2) is 36.2 Å². The standard InChI is InChI=1S/C15H17N3O3/c1-11-5-6-13(17-10-11)18-14(19)12-4-3-7-16-15(12)21-9-8-20-2/h3-7,10H,8-9H2,1-2H3,(H,17,18,19). The van der Waals surface area contributed by atoms with Gasteiger partial charge in [-0.15, -0.1) is 0 Å². The van der Waals surface area contributed by atoms with E-state index in [0.29, 0.717) is 24.6 Å². The molecule has 2 aromatic heterocycles. The van der Waals surface area contributed by atoms with E-state index in [1.807, 2.05) is 13.0 Å². The molecule has 2 aromatic rings. The maximum atomic E-state index is 12.3. The number of amides is 1. The van der Waals surface area contributed by atoms with Gasteiger partial charge in [0.25, 0.3) is 5.91 Å². The Morgan fingerprint density at radius 1 is 1.24 bits per heavy atom. The highest BCUT2D eigenvalue weighted by Crippen LogP contribution is 2.16. The van der Waals surface area contributed by atoms with Crippen molar-refractivity contribution in [2.24, 2.45) is 0 Å². The molecule has 0 aliphatic carbocycles. The Morgan fingerprint density at radius 3 is 2.81 bits per heavy atom. The van der Waals surface area contributed by atoms with Gasteiger partial charge in [0.05, 0.1) is 6.61 Å². The molecule has 6 heteroatoms. The molecule has 1 N–H and O–H groups in total. The summed E-state index contributed by atoms with van der Waals surface area (Å²) in [7, 11) is 1.58. The van der Waals surface area contributed by atoms with E-state index in [1.165, 1.54) is 0 Å². The fourth-order valence-electron chi connectivity index (χ4n) is 1.63. The summed E-state index contributed by atoms with van der Waals surface area (Å²) in [4.78, 5) is 20.5. The van der Waals surface area contributed by atoms with Crippen LogP contribution < -0.4 is 10.1 Å². The topological polar surface area (TPSA) is 73.3 Å². The molecule has 0 aliphatic rings. The van der Waals surface area contributed by atoms with Crippen LogP contribution in [0.1, 0.15) is 15.9 Å². The van der Waals surface area contributed by atoms with Gasteiger partial charge in [0.2, 0.25) is 5.88 Å². The van der Waals surface area contributed by atoms with Crippen molar-refractivity contribution in [2.45, 2.75) is 6.92 Å². The Balaban J connectivity index is 2.09. The quantitative estimate of drug-likeness (QED) is 0.823. The normalized spacial score (nSPS) is 10.2. The average Bonchev–Trinajstić information content (AvgIpc) is 2.50. The van der Waals surface area contributed by atoms with E-state index in [0.717, 1.165) is 5.56 Å². The smallest absolute Gasteiger partial charge is 0.262 e. The molecule has 0 spiro atoms. The van der Waals surface area contributed by atoms with Crippen LogP contribution in [0.4, 0.5) is 5.82 Å². The minimum absolute atomic E-state index is 0.277. The number of ether oxygens (including phenoxy) is 2. The molecule has 0 fully saturated rings. The van der Waals surface area contributed by atoms with E-state index in [1.54, 1.807) is 37.7 Å². The number of anilines is 1. The van der Waals surface area contributed by atoms with E-state index in [4.69, 9.17) is 9.47 Å². The van der Waals surface area contributed by atoms with E-state index < -0.39 is 0 Å². The molecule has 1 amide bonds. The molecule has 0 aliphatic heterocycles. The summed E-state index contributed by atoms with van der Waals surface area (Å²) in [5, 5.41) is 2.71. The van der Waals surface area contributed by atoms with Crippen LogP contribution in [-0.2, 0) is 4.74 Å². The zero-order chi connectivity index (χ0) is 15.1. The summed E-state index contributed by atoms with van der Waals surface area (Å²) in [5.41, 5.74) is 1.38. The van der Waals surface area contributed by atoms with Gasteiger partial charge in [0.1, 0.15) is 18.0 Å². The first-order chi connectivity index (χ1) is 10.2. The van der Waals surface area contributed by atoms with Gasteiger partial charge in [0, 0.05) is 19.5 Å². The maximum Gasteiger partial charge on any atom is 0.262 e. The number of carbonyl (C=O) groups excluding carboxylic acids is 1. The first-order valence-electron chi connectivity index (χ1n) is 6.51. The van der Waals surface area contributed by atoms with Gasteiger partial charge >= 0.3 is 0 Å². The van der Waals surface area contributed by atoms with Crippen LogP contribution in [0.2, 0.25) is 0 Å². The fraction of sp³-hybridized carbons (Fsp3) is 0.267. The van der Waals surface area contributed by atoms with Crippen molar-refractivity contribution in [2.75, 3.05) is 25.6 Å². The monoisotopic (exact) mass is 287 g/mol. The average molecular weight is 287 g/mol. The van der Waals surface area contributed by atoms with Crippen LogP contribution in [0.25, 0.3) is 0 Å². The first-order valence-corrected chi connectivity index (χ1v) is 6.51. The van der Waals surface area contributed by atoms with Gasteiger partial charge in [0.15, 0.2) is 0 Å². The van der Waals surface area contributed by atoms with Crippen molar-refractivity contribution >= 4 is 11.7 Å². The summed E-state index contributed by atoms with van der Waals surface area (Å²) in [6, 6.07) is 6.95. The van der Waals surface area contributed by atoms with E-state index in [9.17, 15) is 4.79 Å². The maximum absolute atomic E-state index is 12.3. The summed E-state index contributed by atoms with van der Waals surface area (Å²) < 4.78 is 10.3. The zero-order valence-electron chi connectivity index (χ0n) is 12.0. The van der Waals surface area contributed by atoms with Crippen LogP contribution in [0.3, 0.4) is 0 Å². The van der Waals surface area contributed by atoms with E-state index in [-0.39, 0.29) is 11.8 Å². The lowest BCUT2D eigenvalue weighted by atomic mass is 10.2. The van der Waals surface area contributed by atoms with Gasteiger partial charge in [-0.3, -0.25) is 4.79 Å². The number of hydrogen-bond donors (Lipinski definition) is 1. The molecule has 0 bridgehead atoms. The second-order valence-corrected chi connectivity index (χ2v) is 4.37. The molecule has 0 saturated carbocycles. The van der Waals surface area contributed by atoms with Crippen LogP contribution in [0, 0.1) is 6.92 Å². The van der Waals surface area contributed by atoms with E-state index >= 15 is 0 Å². The third kappa shape index (κ3) is 4.25. The molecular weight excluding hydrogens is 270 g/mol. The van der Waals surface area contributed by atoms with Crippen LogP contribution >= 0.6 is 0 Å². The fourth-order valence-corrected chi connectivity index (χ4v) is 1.63. The lowest BCUT2D eigenvalue weighted by Crippen LogP contribution is -2.16. The molecule has 21 heavy (non-hydrogen) atoms.